The van der Waals surface area contributed by atoms with Gasteiger partial charge in [-0.15, -0.1) is 0 Å². The number of hydrogen-bond donors (Lipinski definition) is 2. The molecule has 0 radical (unpaired) electrons. The van der Waals surface area contributed by atoms with E-state index in [9.17, 15) is 5.26 Å². The number of nitrogens with one attached hydrogen (secondary N) is 2. The molecule has 2 N–H and O–H groups in total. The average Bonchev–Trinajstić information content (AvgIpc) is 3.46. The summed E-state index contributed by atoms with van der Waals surface area (Å²) in [6, 6.07) is 8.47. The van der Waals surface area contributed by atoms with Gasteiger partial charge in [0.2, 0.25) is 5.95 Å². The quantitative estimate of drug-likeness (QED) is 0.440. The van der Waals surface area contributed by atoms with Crippen molar-refractivity contribution in [2.75, 3.05) is 5.32 Å². The molecule has 4 saturated carbocycles. The topological polar surface area (TPSA) is 123 Å². The van der Waals surface area contributed by atoms with E-state index >= 15 is 0 Å². The Balaban J connectivity index is 1.37. The van der Waals surface area contributed by atoms with Crippen LogP contribution in [0, 0.1) is 41.9 Å². The number of allylic oxidation sites excluding steroid dienone is 1. The number of ether oxygens (including phenoxy) is 1. The van der Waals surface area contributed by atoms with Gasteiger partial charge in [0.05, 0.1) is 17.6 Å². The molecule has 4 aliphatic carbocycles. The van der Waals surface area contributed by atoms with Crippen LogP contribution in [0.3, 0.4) is 0 Å². The molecule has 1 aromatic carbocycles. The van der Waals surface area contributed by atoms with Gasteiger partial charge in [0.25, 0.3) is 5.88 Å². The van der Waals surface area contributed by atoms with Crippen molar-refractivity contribution in [3.63, 3.8) is 0 Å². The summed E-state index contributed by atoms with van der Waals surface area (Å²) >= 11 is 0. The Labute approximate surface area is 204 Å². The molecule has 2 aromatic heterocycles. The summed E-state index contributed by atoms with van der Waals surface area (Å²) in [7, 11) is 0. The van der Waals surface area contributed by atoms with Gasteiger partial charge >= 0.3 is 0 Å². The van der Waals surface area contributed by atoms with Gasteiger partial charge in [0.1, 0.15) is 17.1 Å². The van der Waals surface area contributed by atoms with Crippen LogP contribution in [-0.2, 0) is 0 Å². The Bertz CT molecular complexity index is 1410. The number of hydrogen-bond acceptors (Lipinski definition) is 7. The summed E-state index contributed by atoms with van der Waals surface area (Å²) in [6.45, 7) is 3.98. The van der Waals surface area contributed by atoms with Crippen LogP contribution in [-0.4, -0.2) is 25.5 Å². The Morgan fingerprint density at radius 3 is 2.46 bits per heavy atom. The minimum atomic E-state index is -0.158. The molecular formula is C27H27N7O. The summed E-state index contributed by atoms with van der Waals surface area (Å²) in [6.07, 6.45) is 10.4. The van der Waals surface area contributed by atoms with Crippen LogP contribution in [0.5, 0.6) is 11.6 Å². The molecule has 4 aliphatic rings. The van der Waals surface area contributed by atoms with Crippen LogP contribution in [0.25, 0.3) is 17.2 Å². The van der Waals surface area contributed by atoms with Crippen molar-refractivity contribution < 1.29 is 4.74 Å². The molecule has 0 unspecified atom stereocenters. The lowest BCUT2D eigenvalue weighted by Gasteiger charge is -2.66. The van der Waals surface area contributed by atoms with Crippen molar-refractivity contribution in [3.05, 3.63) is 40.7 Å². The molecule has 7 rings (SSSR count). The van der Waals surface area contributed by atoms with Crippen LogP contribution < -0.4 is 10.1 Å². The van der Waals surface area contributed by atoms with Crippen molar-refractivity contribution in [2.24, 2.45) is 5.41 Å². The molecule has 2 heterocycles. The maximum atomic E-state index is 9.38. The summed E-state index contributed by atoms with van der Waals surface area (Å²) in [5, 5.41) is 21.7. The number of imidazole rings is 1. The number of aryl methyl sites for hydroxylation is 2. The van der Waals surface area contributed by atoms with Crippen molar-refractivity contribution in [3.8, 4) is 23.8 Å². The number of anilines is 1. The molecule has 3 aromatic rings. The van der Waals surface area contributed by atoms with Gasteiger partial charge in [0.15, 0.2) is 5.65 Å². The Morgan fingerprint density at radius 1 is 1.09 bits per heavy atom. The fourth-order valence-corrected chi connectivity index (χ4v) is 6.16. The monoisotopic (exact) mass is 465 g/mol. The zero-order valence-electron chi connectivity index (χ0n) is 20.0. The first-order valence-electron chi connectivity index (χ1n) is 12.2. The van der Waals surface area contributed by atoms with Gasteiger partial charge in [-0.3, -0.25) is 0 Å². The number of rotatable bonds is 6. The van der Waals surface area contributed by atoms with E-state index in [0.29, 0.717) is 28.9 Å². The molecule has 0 atom stereocenters. The number of aromatic amines is 1. The molecule has 0 spiro atoms. The maximum absolute atomic E-state index is 9.38. The van der Waals surface area contributed by atoms with E-state index in [1.807, 2.05) is 32.0 Å². The molecule has 35 heavy (non-hydrogen) atoms. The molecule has 2 bridgehead atoms. The van der Waals surface area contributed by atoms with Crippen LogP contribution in [0.2, 0.25) is 0 Å². The third-order valence-corrected chi connectivity index (χ3v) is 7.75. The van der Waals surface area contributed by atoms with Gasteiger partial charge in [0, 0.05) is 17.5 Å². The number of benzene rings is 1. The SMILES string of the molecule is Cc1cc(/C=C/C#N)cc(C)c1Oc1nc(NC23CC(C#N)(C2)C3)nc2nc(C3CCCC3)[nH]c12. The molecule has 0 aliphatic heterocycles. The first kappa shape index (κ1) is 21.6. The van der Waals surface area contributed by atoms with Crippen molar-refractivity contribution >= 4 is 23.2 Å². The summed E-state index contributed by atoms with van der Waals surface area (Å²) in [5.74, 6) is 3.04. The number of fused-ring (bicyclic) bond motifs is 1. The minimum Gasteiger partial charge on any atom is -0.436 e. The lowest BCUT2D eigenvalue weighted by molar-refractivity contribution is -0.0665. The predicted octanol–water partition coefficient (Wildman–Crippen LogP) is 5.81. The van der Waals surface area contributed by atoms with E-state index in [0.717, 1.165) is 60.4 Å². The largest absolute Gasteiger partial charge is 0.436 e. The summed E-state index contributed by atoms with van der Waals surface area (Å²) < 4.78 is 6.45. The minimum absolute atomic E-state index is 0.0914. The number of aromatic nitrogens is 4. The van der Waals surface area contributed by atoms with E-state index in [2.05, 4.69) is 16.4 Å². The molecule has 8 nitrogen and oxygen atoms in total. The predicted molar refractivity (Wildman–Crippen MR) is 132 cm³/mol. The highest BCUT2D eigenvalue weighted by molar-refractivity contribution is 5.78. The van der Waals surface area contributed by atoms with E-state index in [1.165, 1.54) is 18.9 Å². The highest BCUT2D eigenvalue weighted by Gasteiger charge is 2.69. The first-order chi connectivity index (χ1) is 16.9. The Hall–Kier alpha value is -3.91. The molecule has 0 amide bonds. The Kier molecular flexibility index (Phi) is 4.82. The molecule has 0 saturated heterocycles. The zero-order chi connectivity index (χ0) is 24.2. The Morgan fingerprint density at radius 2 is 1.80 bits per heavy atom. The van der Waals surface area contributed by atoms with Crippen LogP contribution in [0.1, 0.15) is 73.4 Å². The fourth-order valence-electron chi connectivity index (χ4n) is 6.16. The van der Waals surface area contributed by atoms with E-state index in [1.54, 1.807) is 6.08 Å². The van der Waals surface area contributed by atoms with Crippen molar-refractivity contribution in [1.82, 2.24) is 19.9 Å². The number of H-pyrrole nitrogens is 1. The van der Waals surface area contributed by atoms with Gasteiger partial charge in [-0.25, -0.2) is 4.98 Å². The first-order valence-corrected chi connectivity index (χ1v) is 12.2. The second-order valence-corrected chi connectivity index (χ2v) is 10.5. The summed E-state index contributed by atoms with van der Waals surface area (Å²) in [4.78, 5) is 17.8. The molecule has 176 valence electrons. The lowest BCUT2D eigenvalue weighted by atomic mass is 9.40. The fraction of sp³-hybridized carbons (Fsp3) is 0.444. The maximum Gasteiger partial charge on any atom is 0.250 e. The smallest absolute Gasteiger partial charge is 0.250 e. The molecule has 4 fully saturated rings. The van der Waals surface area contributed by atoms with Crippen LogP contribution in [0.4, 0.5) is 5.95 Å². The highest BCUT2D eigenvalue weighted by atomic mass is 16.5. The van der Waals surface area contributed by atoms with E-state index in [-0.39, 0.29) is 11.0 Å². The zero-order valence-corrected chi connectivity index (χ0v) is 20.0. The van der Waals surface area contributed by atoms with E-state index < -0.39 is 0 Å². The third kappa shape index (κ3) is 3.61. The molecule has 8 heteroatoms. The van der Waals surface area contributed by atoms with Gasteiger partial charge < -0.3 is 15.0 Å². The second kappa shape index (κ2) is 7.81. The lowest BCUT2D eigenvalue weighted by Crippen LogP contribution is -2.70. The standard InChI is InChI=1S/C27H27N7O/c1-16-10-18(6-5-9-28)11-17(2)21(16)35-24-20-23(31-22(30-20)19-7-3-4-8-19)32-25(33-24)34-27-12-26(13-27,14-27)15-29/h5-6,10-11,19H,3-4,7-8,12-14H2,1-2H3,(H2,30,31,32,33,34)/b6-5+. The van der Waals surface area contributed by atoms with Gasteiger partial charge in [-0.1, -0.05) is 12.8 Å². The van der Waals surface area contributed by atoms with Crippen LogP contribution in [0.15, 0.2) is 18.2 Å². The van der Waals surface area contributed by atoms with Gasteiger partial charge in [-0.2, -0.15) is 20.5 Å². The van der Waals surface area contributed by atoms with Crippen molar-refractivity contribution in [1.29, 1.82) is 10.5 Å². The third-order valence-electron chi connectivity index (χ3n) is 7.75. The van der Waals surface area contributed by atoms with Gasteiger partial charge in [-0.05, 0) is 80.9 Å². The molecular weight excluding hydrogens is 438 g/mol. The van der Waals surface area contributed by atoms with Crippen LogP contribution >= 0.6 is 0 Å². The van der Waals surface area contributed by atoms with E-state index in [4.69, 9.17) is 25.0 Å². The number of nitriles is 2. The second-order valence-electron chi connectivity index (χ2n) is 10.5. The summed E-state index contributed by atoms with van der Waals surface area (Å²) in [5.41, 5.74) is 3.91. The normalized spacial score (nSPS) is 25.1. The average molecular weight is 466 g/mol. The van der Waals surface area contributed by atoms with Crippen molar-refractivity contribution in [2.45, 2.75) is 70.3 Å². The number of nitrogens with zero attached hydrogens (tertiary/aromatic N) is 5. The highest BCUT2D eigenvalue weighted by Crippen LogP contribution is 2.67.